The van der Waals surface area contributed by atoms with Gasteiger partial charge in [-0.1, -0.05) is 23.8 Å². The second kappa shape index (κ2) is 7.35. The predicted molar refractivity (Wildman–Crippen MR) is 101 cm³/mol. The summed E-state index contributed by atoms with van der Waals surface area (Å²) in [5.41, 5.74) is 5.16. The van der Waals surface area contributed by atoms with Gasteiger partial charge < -0.3 is 9.15 Å². The van der Waals surface area contributed by atoms with E-state index in [0.29, 0.717) is 11.5 Å². The number of benzene rings is 2. The first kappa shape index (κ1) is 17.5. The largest absolute Gasteiger partial charge is 0.449 e. The summed E-state index contributed by atoms with van der Waals surface area (Å²) >= 11 is 0. The maximum atomic E-state index is 12.5. The summed E-state index contributed by atoms with van der Waals surface area (Å²) in [6.07, 6.45) is 3.89. The molecule has 1 aliphatic rings. The molecule has 0 saturated carbocycles. The van der Waals surface area contributed by atoms with Crippen molar-refractivity contribution in [3.8, 4) is 11.5 Å². The van der Waals surface area contributed by atoms with Crippen LogP contribution in [0.4, 0.5) is 0 Å². The number of ether oxygens (including phenoxy) is 1. The topological polar surface area (TPSA) is 65.2 Å². The first-order valence-corrected chi connectivity index (χ1v) is 9.33. The molecule has 1 aromatic heterocycles. The fourth-order valence-electron chi connectivity index (χ4n) is 3.35. The van der Waals surface area contributed by atoms with Crippen molar-refractivity contribution in [3.63, 3.8) is 0 Å². The zero-order valence-corrected chi connectivity index (χ0v) is 15.6. The SMILES string of the molecule is Cc1ccc(-c2nnc([C@@H](C)OC(=O)c3ccc4c(c3)CCCC4)o2)cc1. The zero-order chi connectivity index (χ0) is 18.8. The number of hydrogen-bond donors (Lipinski definition) is 0. The lowest BCUT2D eigenvalue weighted by molar-refractivity contribution is 0.0279. The van der Waals surface area contributed by atoms with Crippen LogP contribution in [0.25, 0.3) is 11.5 Å². The number of fused-ring (bicyclic) bond motifs is 1. The van der Waals surface area contributed by atoms with Crippen molar-refractivity contribution in [3.05, 3.63) is 70.6 Å². The number of carbonyl (C=O) groups excluding carboxylic acids is 1. The predicted octanol–water partition coefficient (Wildman–Crippen LogP) is 4.84. The van der Waals surface area contributed by atoms with E-state index < -0.39 is 6.10 Å². The molecule has 138 valence electrons. The van der Waals surface area contributed by atoms with Crippen LogP contribution < -0.4 is 0 Å². The molecule has 0 N–H and O–H groups in total. The number of esters is 1. The van der Waals surface area contributed by atoms with Gasteiger partial charge in [0, 0.05) is 5.56 Å². The van der Waals surface area contributed by atoms with Crippen LogP contribution in [-0.2, 0) is 17.6 Å². The van der Waals surface area contributed by atoms with Gasteiger partial charge in [-0.2, -0.15) is 0 Å². The van der Waals surface area contributed by atoms with Crippen LogP contribution in [-0.4, -0.2) is 16.2 Å². The summed E-state index contributed by atoms with van der Waals surface area (Å²) in [5.74, 6) is 0.338. The Morgan fingerprint density at radius 3 is 2.56 bits per heavy atom. The smallest absolute Gasteiger partial charge is 0.338 e. The third kappa shape index (κ3) is 3.77. The van der Waals surface area contributed by atoms with Crippen LogP contribution in [0.15, 0.2) is 46.9 Å². The molecule has 5 nitrogen and oxygen atoms in total. The summed E-state index contributed by atoms with van der Waals surface area (Å²) in [5, 5.41) is 8.10. The van der Waals surface area contributed by atoms with Crippen LogP contribution in [0.1, 0.15) is 58.8 Å². The number of rotatable bonds is 4. The maximum Gasteiger partial charge on any atom is 0.338 e. The maximum absolute atomic E-state index is 12.5. The highest BCUT2D eigenvalue weighted by Gasteiger charge is 2.21. The highest BCUT2D eigenvalue weighted by Crippen LogP contribution is 2.25. The Balaban J connectivity index is 1.46. The Morgan fingerprint density at radius 1 is 1.04 bits per heavy atom. The molecule has 5 heteroatoms. The summed E-state index contributed by atoms with van der Waals surface area (Å²) in [6.45, 7) is 3.76. The normalized spacial score (nSPS) is 14.4. The lowest BCUT2D eigenvalue weighted by Gasteiger charge is -2.16. The quantitative estimate of drug-likeness (QED) is 0.621. The molecule has 0 aliphatic heterocycles. The highest BCUT2D eigenvalue weighted by molar-refractivity contribution is 5.89. The van der Waals surface area contributed by atoms with Crippen molar-refractivity contribution in [1.82, 2.24) is 10.2 Å². The van der Waals surface area contributed by atoms with Crippen LogP contribution in [0, 0.1) is 6.92 Å². The van der Waals surface area contributed by atoms with Gasteiger partial charge in [0.25, 0.3) is 5.89 Å². The third-order valence-corrected chi connectivity index (χ3v) is 4.95. The van der Waals surface area contributed by atoms with E-state index >= 15 is 0 Å². The number of hydrogen-bond acceptors (Lipinski definition) is 5. The zero-order valence-electron chi connectivity index (χ0n) is 15.6. The van der Waals surface area contributed by atoms with Gasteiger partial charge >= 0.3 is 5.97 Å². The van der Waals surface area contributed by atoms with E-state index in [2.05, 4.69) is 10.2 Å². The molecule has 0 unspecified atom stereocenters. The van der Waals surface area contributed by atoms with Crippen LogP contribution in [0.2, 0.25) is 0 Å². The molecule has 0 radical (unpaired) electrons. The van der Waals surface area contributed by atoms with Gasteiger partial charge in [0.05, 0.1) is 5.56 Å². The molecular formula is C22H22N2O3. The number of aryl methyl sites for hydroxylation is 3. The van der Waals surface area contributed by atoms with Crippen molar-refractivity contribution >= 4 is 5.97 Å². The average Bonchev–Trinajstić information content (AvgIpc) is 3.18. The molecule has 0 saturated heterocycles. The average molecular weight is 362 g/mol. The van der Waals surface area contributed by atoms with Crippen LogP contribution in [0.5, 0.6) is 0 Å². The minimum absolute atomic E-state index is 0.289. The van der Waals surface area contributed by atoms with E-state index in [0.717, 1.165) is 24.0 Å². The Morgan fingerprint density at radius 2 is 1.78 bits per heavy atom. The number of aromatic nitrogens is 2. The molecule has 0 spiro atoms. The van der Waals surface area contributed by atoms with Crippen LogP contribution >= 0.6 is 0 Å². The molecule has 27 heavy (non-hydrogen) atoms. The second-order valence-electron chi connectivity index (χ2n) is 7.05. The first-order valence-electron chi connectivity index (χ1n) is 9.33. The lowest BCUT2D eigenvalue weighted by atomic mass is 9.90. The fourth-order valence-corrected chi connectivity index (χ4v) is 3.35. The van der Waals surface area contributed by atoms with E-state index in [9.17, 15) is 4.79 Å². The Bertz CT molecular complexity index is 960. The molecule has 1 aliphatic carbocycles. The second-order valence-corrected chi connectivity index (χ2v) is 7.05. The van der Waals surface area contributed by atoms with Crippen molar-refractivity contribution in [2.24, 2.45) is 0 Å². The fraction of sp³-hybridized carbons (Fsp3) is 0.318. The van der Waals surface area contributed by atoms with E-state index in [1.54, 1.807) is 6.92 Å². The Kier molecular flexibility index (Phi) is 4.75. The molecule has 3 aromatic rings. The molecule has 0 fully saturated rings. The van der Waals surface area contributed by atoms with E-state index in [1.807, 2.05) is 49.4 Å². The highest BCUT2D eigenvalue weighted by atomic mass is 16.6. The van der Waals surface area contributed by atoms with Gasteiger partial charge in [0.2, 0.25) is 5.89 Å². The minimum atomic E-state index is -0.611. The molecule has 1 atom stereocenters. The van der Waals surface area contributed by atoms with Crippen molar-refractivity contribution < 1.29 is 13.9 Å². The molecule has 2 aromatic carbocycles. The summed E-state index contributed by atoms with van der Waals surface area (Å²) in [7, 11) is 0. The van der Waals surface area contributed by atoms with Crippen molar-refractivity contribution in [2.75, 3.05) is 0 Å². The molecule has 0 bridgehead atoms. The molecule has 0 amide bonds. The molecular weight excluding hydrogens is 340 g/mol. The van der Waals surface area contributed by atoms with E-state index in [4.69, 9.17) is 9.15 Å². The molecule has 4 rings (SSSR count). The van der Waals surface area contributed by atoms with Gasteiger partial charge in [0.15, 0.2) is 6.10 Å². The third-order valence-electron chi connectivity index (χ3n) is 4.95. The number of carbonyl (C=O) groups is 1. The van der Waals surface area contributed by atoms with Gasteiger partial charge in [0.1, 0.15) is 0 Å². The Labute approximate surface area is 158 Å². The summed E-state index contributed by atoms with van der Waals surface area (Å²) in [4.78, 5) is 12.5. The van der Waals surface area contributed by atoms with Gasteiger partial charge in [-0.3, -0.25) is 0 Å². The lowest BCUT2D eigenvalue weighted by Crippen LogP contribution is -2.11. The van der Waals surface area contributed by atoms with Crippen molar-refractivity contribution in [1.29, 1.82) is 0 Å². The molecule has 1 heterocycles. The van der Waals surface area contributed by atoms with Gasteiger partial charge in [-0.05, 0) is 74.9 Å². The standard InChI is InChI=1S/C22H22N2O3/c1-14-7-9-17(10-8-14)21-24-23-20(27-21)15(2)26-22(25)19-12-11-16-5-3-4-6-18(16)13-19/h7-13,15H,3-6H2,1-2H3/t15-/m1/s1. The van der Waals surface area contributed by atoms with Crippen molar-refractivity contribution in [2.45, 2.75) is 45.6 Å². The Hall–Kier alpha value is -2.95. The van der Waals surface area contributed by atoms with Crippen LogP contribution in [0.3, 0.4) is 0 Å². The van der Waals surface area contributed by atoms with Gasteiger partial charge in [-0.25, -0.2) is 4.79 Å². The van der Waals surface area contributed by atoms with E-state index in [-0.39, 0.29) is 11.9 Å². The van der Waals surface area contributed by atoms with E-state index in [1.165, 1.54) is 24.0 Å². The van der Waals surface area contributed by atoms with Gasteiger partial charge in [-0.15, -0.1) is 10.2 Å². The minimum Gasteiger partial charge on any atom is -0.449 e. The first-order chi connectivity index (χ1) is 13.1. The summed E-state index contributed by atoms with van der Waals surface area (Å²) < 4.78 is 11.2. The number of nitrogens with zero attached hydrogens (tertiary/aromatic N) is 2. The monoisotopic (exact) mass is 362 g/mol. The summed E-state index contributed by atoms with van der Waals surface area (Å²) in [6, 6.07) is 13.7.